The highest BCUT2D eigenvalue weighted by Crippen LogP contribution is 2.11. The van der Waals surface area contributed by atoms with Gasteiger partial charge in [-0.15, -0.1) is 0 Å². The minimum atomic E-state index is 0.132. The van der Waals surface area contributed by atoms with Crippen molar-refractivity contribution < 1.29 is 4.79 Å². The summed E-state index contributed by atoms with van der Waals surface area (Å²) in [5.74, 6) is 0.869. The molecule has 0 bridgehead atoms. The molecule has 19 heavy (non-hydrogen) atoms. The summed E-state index contributed by atoms with van der Waals surface area (Å²) in [6, 6.07) is 7.33. The van der Waals surface area contributed by atoms with Crippen molar-refractivity contribution >= 4 is 17.4 Å². The zero-order valence-electron chi connectivity index (χ0n) is 10.8. The van der Waals surface area contributed by atoms with Gasteiger partial charge in [0, 0.05) is 18.0 Å². The van der Waals surface area contributed by atoms with Crippen LogP contribution in [-0.4, -0.2) is 20.5 Å². The predicted molar refractivity (Wildman–Crippen MR) is 74.2 cm³/mol. The average molecular weight is 278 g/mol. The number of Topliss-reactive ketones (excluding diaryl/α,β-unsaturated/α-hetero) is 1. The summed E-state index contributed by atoms with van der Waals surface area (Å²) in [6.07, 6.45) is 3.20. The molecule has 0 radical (unpaired) electrons. The van der Waals surface area contributed by atoms with Gasteiger partial charge >= 0.3 is 0 Å². The monoisotopic (exact) mass is 277 g/mol. The Bertz CT molecular complexity index is 548. The topological polar surface area (TPSA) is 47.8 Å². The van der Waals surface area contributed by atoms with Crippen LogP contribution in [0.25, 0.3) is 0 Å². The molecule has 0 aliphatic heterocycles. The molecule has 1 aromatic heterocycles. The number of aryl methyl sites for hydroxylation is 1. The fraction of sp³-hybridized carbons (Fsp3) is 0.357. The first-order valence-corrected chi connectivity index (χ1v) is 6.69. The van der Waals surface area contributed by atoms with Gasteiger partial charge in [-0.25, -0.2) is 9.67 Å². The second-order valence-electron chi connectivity index (χ2n) is 4.42. The van der Waals surface area contributed by atoms with Gasteiger partial charge in [-0.1, -0.05) is 30.7 Å². The lowest BCUT2D eigenvalue weighted by Crippen LogP contribution is -2.13. The van der Waals surface area contributed by atoms with Crippen LogP contribution >= 0.6 is 11.6 Å². The normalized spacial score (nSPS) is 10.6. The van der Waals surface area contributed by atoms with E-state index in [1.165, 1.54) is 6.33 Å². The highest BCUT2D eigenvalue weighted by molar-refractivity contribution is 6.30. The summed E-state index contributed by atoms with van der Waals surface area (Å²) in [5.41, 5.74) is 0.968. The van der Waals surface area contributed by atoms with E-state index in [0.717, 1.165) is 24.4 Å². The molecule has 0 saturated carbocycles. The fourth-order valence-electron chi connectivity index (χ4n) is 1.89. The van der Waals surface area contributed by atoms with Gasteiger partial charge in [-0.05, 0) is 24.1 Å². The first-order valence-electron chi connectivity index (χ1n) is 6.32. The van der Waals surface area contributed by atoms with Crippen molar-refractivity contribution in [3.8, 4) is 0 Å². The third-order valence-electron chi connectivity index (χ3n) is 2.80. The van der Waals surface area contributed by atoms with Crippen LogP contribution in [0.2, 0.25) is 5.02 Å². The molecule has 0 aliphatic rings. The van der Waals surface area contributed by atoms with E-state index < -0.39 is 0 Å². The Balaban J connectivity index is 1.97. The largest absolute Gasteiger partial charge is 0.299 e. The Morgan fingerprint density at radius 1 is 1.26 bits per heavy atom. The maximum absolute atomic E-state index is 12.0. The molecule has 1 aromatic carbocycles. The number of ketones is 1. The Morgan fingerprint density at radius 2 is 2.00 bits per heavy atom. The van der Waals surface area contributed by atoms with Crippen molar-refractivity contribution in [3.63, 3.8) is 0 Å². The summed E-state index contributed by atoms with van der Waals surface area (Å²) in [7, 11) is 0. The van der Waals surface area contributed by atoms with E-state index in [2.05, 4.69) is 17.0 Å². The SMILES string of the molecule is CCCn1ncnc1CC(=O)Cc1ccc(Cl)cc1. The van der Waals surface area contributed by atoms with E-state index in [0.29, 0.717) is 17.9 Å². The second kappa shape index (κ2) is 6.48. The molecule has 0 fully saturated rings. The van der Waals surface area contributed by atoms with Crippen LogP contribution in [0.4, 0.5) is 0 Å². The van der Waals surface area contributed by atoms with Crippen LogP contribution in [0, 0.1) is 0 Å². The molecule has 0 spiro atoms. The van der Waals surface area contributed by atoms with Gasteiger partial charge in [0.2, 0.25) is 0 Å². The third kappa shape index (κ3) is 3.89. The lowest BCUT2D eigenvalue weighted by atomic mass is 10.1. The van der Waals surface area contributed by atoms with Gasteiger partial charge in [0.1, 0.15) is 17.9 Å². The van der Waals surface area contributed by atoms with Crippen molar-refractivity contribution in [1.82, 2.24) is 14.8 Å². The molecule has 0 atom stereocenters. The Morgan fingerprint density at radius 3 is 2.68 bits per heavy atom. The zero-order chi connectivity index (χ0) is 13.7. The molecule has 2 rings (SSSR count). The number of carbonyl (C=O) groups excluding carboxylic acids is 1. The van der Waals surface area contributed by atoms with Crippen molar-refractivity contribution in [3.05, 3.63) is 47.0 Å². The Labute approximate surface area is 117 Å². The first kappa shape index (κ1) is 13.7. The number of hydrogen-bond donors (Lipinski definition) is 0. The molecule has 0 amide bonds. The summed E-state index contributed by atoms with van der Waals surface area (Å²) in [6.45, 7) is 2.87. The van der Waals surface area contributed by atoms with Gasteiger partial charge in [-0.2, -0.15) is 5.10 Å². The highest BCUT2D eigenvalue weighted by Gasteiger charge is 2.10. The molecule has 1 heterocycles. The summed E-state index contributed by atoms with van der Waals surface area (Å²) in [5, 5.41) is 4.79. The third-order valence-corrected chi connectivity index (χ3v) is 3.05. The van der Waals surface area contributed by atoms with E-state index in [1.807, 2.05) is 12.1 Å². The van der Waals surface area contributed by atoms with Gasteiger partial charge in [0.05, 0.1) is 6.42 Å². The van der Waals surface area contributed by atoms with Crippen LogP contribution in [0.3, 0.4) is 0 Å². The molecular formula is C14H16ClN3O. The first-order chi connectivity index (χ1) is 9.19. The summed E-state index contributed by atoms with van der Waals surface area (Å²) >= 11 is 5.81. The lowest BCUT2D eigenvalue weighted by Gasteiger charge is -2.04. The Hall–Kier alpha value is -1.68. The molecule has 0 N–H and O–H groups in total. The minimum absolute atomic E-state index is 0.132. The van der Waals surface area contributed by atoms with E-state index >= 15 is 0 Å². The molecule has 5 heteroatoms. The molecule has 0 unspecified atom stereocenters. The van der Waals surface area contributed by atoms with Crippen molar-refractivity contribution in [1.29, 1.82) is 0 Å². The van der Waals surface area contributed by atoms with Gasteiger partial charge in [0.25, 0.3) is 0 Å². The zero-order valence-corrected chi connectivity index (χ0v) is 11.6. The van der Waals surface area contributed by atoms with Gasteiger partial charge in [0.15, 0.2) is 0 Å². The van der Waals surface area contributed by atoms with Crippen molar-refractivity contribution in [2.75, 3.05) is 0 Å². The van der Waals surface area contributed by atoms with Crippen molar-refractivity contribution in [2.45, 2.75) is 32.7 Å². The summed E-state index contributed by atoms with van der Waals surface area (Å²) < 4.78 is 1.79. The fourth-order valence-corrected chi connectivity index (χ4v) is 2.02. The molecule has 4 nitrogen and oxygen atoms in total. The second-order valence-corrected chi connectivity index (χ2v) is 4.85. The van der Waals surface area contributed by atoms with Crippen LogP contribution in [0.15, 0.2) is 30.6 Å². The number of carbonyl (C=O) groups is 1. The highest BCUT2D eigenvalue weighted by atomic mass is 35.5. The van der Waals surface area contributed by atoms with Crippen LogP contribution in [-0.2, 0) is 24.2 Å². The van der Waals surface area contributed by atoms with Gasteiger partial charge < -0.3 is 0 Å². The predicted octanol–water partition coefficient (Wildman–Crippen LogP) is 2.70. The standard InChI is InChI=1S/C14H16ClN3O/c1-2-7-18-14(16-10-17-18)9-13(19)8-11-3-5-12(15)6-4-11/h3-6,10H,2,7-9H2,1H3. The average Bonchev–Trinajstić information content (AvgIpc) is 2.80. The molecule has 100 valence electrons. The maximum Gasteiger partial charge on any atom is 0.144 e. The van der Waals surface area contributed by atoms with Crippen LogP contribution < -0.4 is 0 Å². The molecule has 0 saturated heterocycles. The van der Waals surface area contributed by atoms with Crippen LogP contribution in [0.5, 0.6) is 0 Å². The number of rotatable bonds is 6. The van der Waals surface area contributed by atoms with E-state index in [1.54, 1.807) is 16.8 Å². The molecule has 0 aliphatic carbocycles. The number of aromatic nitrogens is 3. The van der Waals surface area contributed by atoms with E-state index in [9.17, 15) is 4.79 Å². The quantitative estimate of drug-likeness (QED) is 0.816. The van der Waals surface area contributed by atoms with Gasteiger partial charge in [-0.3, -0.25) is 4.79 Å². The number of hydrogen-bond acceptors (Lipinski definition) is 3. The summed E-state index contributed by atoms with van der Waals surface area (Å²) in [4.78, 5) is 16.1. The maximum atomic E-state index is 12.0. The van der Waals surface area contributed by atoms with Crippen molar-refractivity contribution in [2.24, 2.45) is 0 Å². The van der Waals surface area contributed by atoms with E-state index in [-0.39, 0.29) is 5.78 Å². The molecular weight excluding hydrogens is 262 g/mol. The van der Waals surface area contributed by atoms with Crippen LogP contribution in [0.1, 0.15) is 24.7 Å². The number of benzene rings is 1. The number of nitrogens with zero attached hydrogens (tertiary/aromatic N) is 3. The smallest absolute Gasteiger partial charge is 0.144 e. The lowest BCUT2D eigenvalue weighted by molar-refractivity contribution is -0.117. The Kier molecular flexibility index (Phi) is 4.68. The van der Waals surface area contributed by atoms with E-state index in [4.69, 9.17) is 11.6 Å². The molecule has 2 aromatic rings. The number of halogens is 1. The minimum Gasteiger partial charge on any atom is -0.299 e.